The maximum Gasteiger partial charge on any atom is 0.221 e. The fraction of sp³-hybridized carbons (Fsp3) is 0.708. The summed E-state index contributed by atoms with van der Waals surface area (Å²) in [6, 6.07) is 9.37. The number of aliphatic hydroxyl groups is 1. The van der Waals surface area contributed by atoms with Gasteiger partial charge in [0.25, 0.3) is 0 Å². The van der Waals surface area contributed by atoms with Crippen LogP contribution in [-0.4, -0.2) is 55.6 Å². The first-order valence-electron chi connectivity index (χ1n) is 11.7. The highest BCUT2D eigenvalue weighted by molar-refractivity contribution is 5.75. The maximum absolute atomic E-state index is 12.0. The van der Waals surface area contributed by atoms with Gasteiger partial charge in [0.05, 0.1) is 6.10 Å². The van der Waals surface area contributed by atoms with Gasteiger partial charge in [-0.15, -0.1) is 0 Å². The van der Waals surface area contributed by atoms with Crippen molar-refractivity contribution in [3.8, 4) is 0 Å². The van der Waals surface area contributed by atoms with E-state index in [-0.39, 0.29) is 18.1 Å². The van der Waals surface area contributed by atoms with E-state index in [1.54, 1.807) is 0 Å². The molecule has 0 saturated carbocycles. The van der Waals surface area contributed by atoms with Gasteiger partial charge in [0.15, 0.2) is 6.29 Å². The molecule has 2 saturated heterocycles. The van der Waals surface area contributed by atoms with E-state index >= 15 is 0 Å². The molecule has 2 heterocycles. The van der Waals surface area contributed by atoms with Gasteiger partial charge >= 0.3 is 0 Å². The highest BCUT2D eigenvalue weighted by atomic mass is 16.6. The van der Waals surface area contributed by atoms with Gasteiger partial charge in [0.2, 0.25) is 5.91 Å². The van der Waals surface area contributed by atoms with E-state index in [0.717, 1.165) is 45.3 Å². The van der Waals surface area contributed by atoms with Crippen molar-refractivity contribution in [2.45, 2.75) is 82.6 Å². The molecule has 4 N–H and O–H groups in total. The van der Waals surface area contributed by atoms with Gasteiger partial charge in [-0.05, 0) is 75.6 Å². The van der Waals surface area contributed by atoms with Crippen molar-refractivity contribution in [1.29, 1.82) is 0 Å². The number of hydrogen-bond acceptors (Lipinski definition) is 5. The second-order valence-corrected chi connectivity index (χ2v) is 8.85. The smallest absolute Gasteiger partial charge is 0.221 e. The Kier molecular flexibility index (Phi) is 9.59. The predicted octanol–water partition coefficient (Wildman–Crippen LogP) is 2.46. The molecule has 30 heavy (non-hydrogen) atoms. The normalized spacial score (nSPS) is 25.2. The number of ether oxygens (including phenoxy) is 1. The van der Waals surface area contributed by atoms with Crippen molar-refractivity contribution in [1.82, 2.24) is 16.0 Å². The van der Waals surface area contributed by atoms with E-state index in [9.17, 15) is 9.90 Å². The zero-order valence-corrected chi connectivity index (χ0v) is 18.4. The second kappa shape index (κ2) is 12.4. The number of piperidine rings is 1. The Morgan fingerprint density at radius 2 is 1.90 bits per heavy atom. The van der Waals surface area contributed by atoms with E-state index in [1.165, 1.54) is 24.0 Å². The molecule has 6 nitrogen and oxygen atoms in total. The lowest BCUT2D eigenvalue weighted by molar-refractivity contribution is -0.164. The van der Waals surface area contributed by atoms with Crippen LogP contribution < -0.4 is 16.0 Å². The Labute approximate surface area is 181 Å². The molecule has 1 amide bonds. The molecule has 2 aliphatic rings. The molecule has 1 aromatic carbocycles. The van der Waals surface area contributed by atoms with Crippen LogP contribution in [0.4, 0.5) is 0 Å². The van der Waals surface area contributed by atoms with Gasteiger partial charge < -0.3 is 25.8 Å². The number of carbonyl (C=O) groups is 1. The first kappa shape index (κ1) is 23.2. The lowest BCUT2D eigenvalue weighted by atomic mass is 9.89. The van der Waals surface area contributed by atoms with Crippen LogP contribution >= 0.6 is 0 Å². The van der Waals surface area contributed by atoms with Crippen molar-refractivity contribution >= 4 is 5.91 Å². The Bertz CT molecular complexity index is 621. The lowest BCUT2D eigenvalue weighted by Crippen LogP contribution is -2.43. The molecule has 1 aromatic rings. The first-order chi connectivity index (χ1) is 14.6. The van der Waals surface area contributed by atoms with Crippen LogP contribution in [0.3, 0.4) is 0 Å². The van der Waals surface area contributed by atoms with Gasteiger partial charge in [-0.25, -0.2) is 0 Å². The van der Waals surface area contributed by atoms with Crippen molar-refractivity contribution in [2.75, 3.05) is 26.2 Å². The third-order valence-corrected chi connectivity index (χ3v) is 6.28. The third kappa shape index (κ3) is 7.99. The van der Waals surface area contributed by atoms with Crippen LogP contribution in [0.5, 0.6) is 0 Å². The molecule has 2 aliphatic heterocycles. The Balaban J connectivity index is 1.22. The summed E-state index contributed by atoms with van der Waals surface area (Å²) in [7, 11) is 0. The molecule has 6 heteroatoms. The second-order valence-electron chi connectivity index (χ2n) is 8.85. The Hall–Kier alpha value is -1.47. The highest BCUT2D eigenvalue weighted by Gasteiger charge is 2.25. The quantitative estimate of drug-likeness (QED) is 0.440. The molecule has 3 rings (SSSR count). The molecule has 0 spiro atoms. The minimum Gasteiger partial charge on any atom is -0.368 e. The molecule has 2 fully saturated rings. The van der Waals surface area contributed by atoms with Crippen LogP contribution in [0, 0.1) is 0 Å². The summed E-state index contributed by atoms with van der Waals surface area (Å²) in [4.78, 5) is 12.0. The average Bonchev–Trinajstić information content (AvgIpc) is 2.74. The van der Waals surface area contributed by atoms with Gasteiger partial charge in [-0.2, -0.15) is 0 Å². The monoisotopic (exact) mass is 417 g/mol. The molecule has 0 unspecified atom stereocenters. The number of rotatable bonds is 10. The Morgan fingerprint density at radius 3 is 2.63 bits per heavy atom. The van der Waals surface area contributed by atoms with Gasteiger partial charge in [-0.3, -0.25) is 4.79 Å². The largest absolute Gasteiger partial charge is 0.368 e. The molecule has 0 bridgehead atoms. The van der Waals surface area contributed by atoms with Crippen LogP contribution in [0.15, 0.2) is 24.3 Å². The summed E-state index contributed by atoms with van der Waals surface area (Å²) in [5.41, 5.74) is 2.86. The van der Waals surface area contributed by atoms with Crippen LogP contribution in [0.1, 0.15) is 68.9 Å². The summed E-state index contributed by atoms with van der Waals surface area (Å²) < 4.78 is 5.32. The van der Waals surface area contributed by atoms with Crippen molar-refractivity contribution < 1.29 is 14.6 Å². The zero-order valence-electron chi connectivity index (χ0n) is 18.4. The van der Waals surface area contributed by atoms with Crippen molar-refractivity contribution in [3.63, 3.8) is 0 Å². The van der Waals surface area contributed by atoms with Gasteiger partial charge in [0, 0.05) is 32.0 Å². The van der Waals surface area contributed by atoms with Crippen molar-refractivity contribution in [3.05, 3.63) is 35.4 Å². The molecule has 0 aromatic heterocycles. The number of hydrogen-bond donors (Lipinski definition) is 4. The summed E-state index contributed by atoms with van der Waals surface area (Å²) >= 11 is 0. The number of aliphatic hydroxyl groups excluding tert-OH is 1. The fourth-order valence-corrected chi connectivity index (χ4v) is 4.56. The number of amides is 1. The van der Waals surface area contributed by atoms with Gasteiger partial charge in [-0.1, -0.05) is 24.3 Å². The summed E-state index contributed by atoms with van der Waals surface area (Å²) in [6.07, 6.45) is 6.93. The van der Waals surface area contributed by atoms with Gasteiger partial charge in [0.1, 0.15) is 0 Å². The van der Waals surface area contributed by atoms with E-state index < -0.39 is 6.29 Å². The van der Waals surface area contributed by atoms with Crippen LogP contribution in [0.25, 0.3) is 0 Å². The van der Waals surface area contributed by atoms with E-state index in [2.05, 4.69) is 40.2 Å². The zero-order chi connectivity index (χ0) is 21.2. The van der Waals surface area contributed by atoms with Crippen LogP contribution in [-0.2, 0) is 16.0 Å². The minimum atomic E-state index is -0.694. The molecule has 3 atom stereocenters. The molecular weight excluding hydrogens is 378 g/mol. The summed E-state index contributed by atoms with van der Waals surface area (Å²) in [5.74, 6) is 0.805. The number of carbonyl (C=O) groups excluding carboxylic acids is 1. The fourth-order valence-electron chi connectivity index (χ4n) is 4.56. The molecular formula is C24H39N3O3. The van der Waals surface area contributed by atoms with E-state index in [0.29, 0.717) is 25.3 Å². The van der Waals surface area contributed by atoms with E-state index in [1.807, 2.05) is 6.92 Å². The SMILES string of the molecule is C[C@@H]1C[C@H](NCCC(=O)NCCCCc2ccc(C3CCNCC3)cc2)C[C@H](O)O1. The number of benzene rings is 1. The lowest BCUT2D eigenvalue weighted by Gasteiger charge is -2.31. The summed E-state index contributed by atoms with van der Waals surface area (Å²) in [5, 5.41) is 19.4. The average molecular weight is 418 g/mol. The minimum absolute atomic E-state index is 0.0563. The first-order valence-corrected chi connectivity index (χ1v) is 11.7. The molecule has 168 valence electrons. The maximum atomic E-state index is 12.0. The standard InChI is InChI=1S/C24H39N3O3/c1-18-16-22(17-24(29)30-18)26-15-11-23(28)27-12-3-2-4-19-5-7-20(8-6-19)21-9-13-25-14-10-21/h5-8,18,21-22,24-26,29H,2-4,9-17H2,1H3,(H,27,28)/t18-,22+,24-/m1/s1. The highest BCUT2D eigenvalue weighted by Crippen LogP contribution is 2.25. The topological polar surface area (TPSA) is 82.6 Å². The third-order valence-electron chi connectivity index (χ3n) is 6.28. The number of aryl methyl sites for hydroxylation is 1. The van der Waals surface area contributed by atoms with E-state index in [4.69, 9.17) is 4.74 Å². The predicted molar refractivity (Wildman–Crippen MR) is 119 cm³/mol. The Morgan fingerprint density at radius 1 is 1.13 bits per heavy atom. The summed E-state index contributed by atoms with van der Waals surface area (Å²) in [6.45, 7) is 5.60. The molecule has 0 radical (unpaired) electrons. The van der Waals surface area contributed by atoms with Crippen LogP contribution in [0.2, 0.25) is 0 Å². The number of nitrogens with one attached hydrogen (secondary N) is 3. The van der Waals surface area contributed by atoms with Crippen molar-refractivity contribution in [2.24, 2.45) is 0 Å². The number of unbranched alkanes of at least 4 members (excludes halogenated alkanes) is 1. The molecule has 0 aliphatic carbocycles.